The summed E-state index contributed by atoms with van der Waals surface area (Å²) in [5, 5.41) is 28.0. The second-order valence-corrected chi connectivity index (χ2v) is 13.4. The lowest BCUT2D eigenvalue weighted by Gasteiger charge is -2.34. The number of hydrogen-bond acceptors (Lipinski definition) is 6. The number of nitrogens with one attached hydrogen (secondary N) is 2. The predicted molar refractivity (Wildman–Crippen MR) is 187 cm³/mol. The fourth-order valence-electron chi connectivity index (χ4n) is 6.26. The molecule has 0 spiro atoms. The first-order chi connectivity index (χ1) is 22.5. The van der Waals surface area contributed by atoms with Gasteiger partial charge in [0.2, 0.25) is 17.7 Å². The molecule has 0 aliphatic heterocycles. The molecule has 0 saturated heterocycles. The monoisotopic (exact) mass is 650 g/mol. The molecule has 0 aromatic heterocycles. The Bertz CT molecular complexity index is 1170. The molecule has 6 atom stereocenters. The normalized spacial score (nSPS) is 17.3. The maximum Gasteiger partial charge on any atom is 0.244 e. The Kier molecular flexibility index (Phi) is 18.2. The fourth-order valence-corrected chi connectivity index (χ4v) is 6.26. The van der Waals surface area contributed by atoms with Crippen molar-refractivity contribution in [3.63, 3.8) is 0 Å². The van der Waals surface area contributed by atoms with E-state index in [1.807, 2.05) is 56.3 Å². The summed E-state index contributed by atoms with van der Waals surface area (Å²) in [6.07, 6.45) is 16.9. The molecule has 9 heteroatoms. The molecule has 1 aliphatic rings. The number of benzene rings is 1. The summed E-state index contributed by atoms with van der Waals surface area (Å²) in [7, 11) is 5.59. The smallest absolute Gasteiger partial charge is 0.244 e. The van der Waals surface area contributed by atoms with Crippen LogP contribution in [0.2, 0.25) is 0 Å². The molecule has 1 unspecified atom stereocenters. The van der Waals surface area contributed by atoms with E-state index >= 15 is 0 Å². The van der Waals surface area contributed by atoms with Crippen LogP contribution in [0.15, 0.2) is 30.3 Å². The quantitative estimate of drug-likeness (QED) is 0.127. The van der Waals surface area contributed by atoms with E-state index in [0.29, 0.717) is 57.5 Å². The average Bonchev–Trinajstić information content (AvgIpc) is 3.07. The molecular weight excluding hydrogens is 592 g/mol. The first kappa shape index (κ1) is 39.8. The number of carbonyl (C=O) groups is 3. The highest BCUT2D eigenvalue weighted by molar-refractivity contribution is 5.91. The molecule has 1 saturated carbocycles. The molecule has 4 N–H and O–H groups in total. The average molecular weight is 651 g/mol. The van der Waals surface area contributed by atoms with Gasteiger partial charge in [-0.2, -0.15) is 0 Å². The molecule has 9 nitrogen and oxygen atoms in total. The molecule has 1 aromatic rings. The van der Waals surface area contributed by atoms with Crippen LogP contribution in [0.5, 0.6) is 0 Å². The third kappa shape index (κ3) is 14.1. The Morgan fingerprint density at radius 1 is 0.979 bits per heavy atom. The summed E-state index contributed by atoms with van der Waals surface area (Å²) in [6, 6.07) is 7.67. The Balaban J connectivity index is 2.31. The number of hydrogen-bond donors (Lipinski definition) is 4. The van der Waals surface area contributed by atoms with Crippen LogP contribution in [0, 0.1) is 42.4 Å². The second kappa shape index (κ2) is 21.5. The van der Waals surface area contributed by atoms with E-state index in [2.05, 4.69) is 22.5 Å². The molecule has 47 heavy (non-hydrogen) atoms. The number of aliphatic hydroxyl groups is 2. The highest BCUT2D eigenvalue weighted by atomic mass is 16.3. The minimum absolute atomic E-state index is 0.0291. The summed E-state index contributed by atoms with van der Waals surface area (Å²) in [4.78, 5) is 44.8. The highest BCUT2D eigenvalue weighted by Gasteiger charge is 2.36. The minimum Gasteiger partial charge on any atom is -0.390 e. The maximum absolute atomic E-state index is 14.0. The molecule has 1 fully saturated rings. The van der Waals surface area contributed by atoms with Crippen molar-refractivity contribution in [1.82, 2.24) is 20.4 Å². The van der Waals surface area contributed by atoms with Gasteiger partial charge >= 0.3 is 0 Å². The molecule has 1 aliphatic carbocycles. The van der Waals surface area contributed by atoms with Crippen molar-refractivity contribution >= 4 is 17.7 Å². The zero-order valence-corrected chi connectivity index (χ0v) is 29.0. The zero-order chi connectivity index (χ0) is 34.8. The first-order valence-electron chi connectivity index (χ1n) is 17.3. The van der Waals surface area contributed by atoms with Crippen LogP contribution >= 0.6 is 0 Å². The van der Waals surface area contributed by atoms with Crippen molar-refractivity contribution in [3.05, 3.63) is 35.9 Å². The van der Waals surface area contributed by atoms with Crippen molar-refractivity contribution in [2.75, 3.05) is 34.2 Å². The topological polar surface area (TPSA) is 122 Å². The lowest BCUT2D eigenvalue weighted by atomic mass is 9.82. The Hall–Kier alpha value is -3.37. The van der Waals surface area contributed by atoms with Crippen molar-refractivity contribution in [1.29, 1.82) is 0 Å². The van der Waals surface area contributed by atoms with E-state index in [1.54, 1.807) is 11.9 Å². The predicted octanol–water partition coefficient (Wildman–Crippen LogP) is 3.38. The van der Waals surface area contributed by atoms with Gasteiger partial charge in [0, 0.05) is 38.9 Å². The molecule has 1 aromatic carbocycles. The van der Waals surface area contributed by atoms with Gasteiger partial charge in [-0.1, -0.05) is 69.4 Å². The van der Waals surface area contributed by atoms with Crippen molar-refractivity contribution in [2.45, 2.75) is 108 Å². The number of nitrogens with zero attached hydrogens (tertiary/aromatic N) is 2. The first-order valence-corrected chi connectivity index (χ1v) is 17.3. The van der Waals surface area contributed by atoms with E-state index in [1.165, 1.54) is 0 Å². The van der Waals surface area contributed by atoms with Gasteiger partial charge in [-0.3, -0.25) is 14.4 Å². The number of carbonyl (C=O) groups excluding carboxylic acids is 3. The van der Waals surface area contributed by atoms with Gasteiger partial charge in [0.25, 0.3) is 0 Å². The molecule has 260 valence electrons. The number of likely N-dealkylation sites (N-methyl/N-ethyl adjacent to an activating group) is 2. The second-order valence-electron chi connectivity index (χ2n) is 13.4. The Morgan fingerprint density at radius 3 is 2.26 bits per heavy atom. The largest absolute Gasteiger partial charge is 0.390 e. The number of amides is 3. The van der Waals surface area contributed by atoms with Gasteiger partial charge in [0.1, 0.15) is 6.04 Å². The van der Waals surface area contributed by atoms with Crippen molar-refractivity contribution < 1.29 is 24.6 Å². The third-order valence-corrected chi connectivity index (χ3v) is 9.33. The number of terminal acetylenes is 2. The van der Waals surface area contributed by atoms with Crippen LogP contribution in [-0.4, -0.2) is 96.3 Å². The van der Waals surface area contributed by atoms with Gasteiger partial charge in [0.15, 0.2) is 0 Å². The van der Waals surface area contributed by atoms with Crippen LogP contribution in [0.25, 0.3) is 0 Å². The van der Waals surface area contributed by atoms with Gasteiger partial charge in [-0.15, -0.1) is 24.7 Å². The summed E-state index contributed by atoms with van der Waals surface area (Å²) >= 11 is 0. The van der Waals surface area contributed by atoms with Gasteiger partial charge in [-0.05, 0) is 57.7 Å². The van der Waals surface area contributed by atoms with Gasteiger partial charge in [0.05, 0.1) is 24.2 Å². The van der Waals surface area contributed by atoms with Crippen LogP contribution in [0.4, 0.5) is 0 Å². The third-order valence-electron chi connectivity index (χ3n) is 9.33. The summed E-state index contributed by atoms with van der Waals surface area (Å²) in [5.41, 5.74) is 0.899. The summed E-state index contributed by atoms with van der Waals surface area (Å²) in [6.45, 7) is 3.06. The molecule has 0 radical (unpaired) electrons. The van der Waals surface area contributed by atoms with Crippen LogP contribution < -0.4 is 10.6 Å². The van der Waals surface area contributed by atoms with Crippen molar-refractivity contribution in [2.24, 2.45) is 17.8 Å². The van der Waals surface area contributed by atoms with Gasteiger partial charge in [-0.25, -0.2) is 0 Å². The summed E-state index contributed by atoms with van der Waals surface area (Å²) < 4.78 is 0. The number of rotatable bonds is 20. The van der Waals surface area contributed by atoms with E-state index in [-0.39, 0.29) is 12.3 Å². The molecule has 2 rings (SSSR count). The minimum atomic E-state index is -1.21. The number of unbranched alkanes of at least 4 members (excludes halogenated alkanes) is 1. The van der Waals surface area contributed by atoms with Crippen LogP contribution in [0.3, 0.4) is 0 Å². The molecular formula is C38H58N4O5. The van der Waals surface area contributed by atoms with Crippen LogP contribution in [-0.2, 0) is 20.8 Å². The van der Waals surface area contributed by atoms with E-state index < -0.39 is 47.9 Å². The Morgan fingerprint density at radius 2 is 1.66 bits per heavy atom. The van der Waals surface area contributed by atoms with E-state index in [9.17, 15) is 24.6 Å². The lowest BCUT2D eigenvalue weighted by molar-refractivity contribution is -0.137. The SMILES string of the molecule is C#CCCC[C@H](O)[C@H](O)[C@H](CC1CCCCC1)NC(=O)[C@@H](NC(=O)[C@H](CC(=O)N(C)CCN(C)C)Cc1ccccc1)C(C#C)CC. The molecule has 3 amide bonds. The molecule has 0 heterocycles. The lowest BCUT2D eigenvalue weighted by Crippen LogP contribution is -2.57. The van der Waals surface area contributed by atoms with Gasteiger partial charge < -0.3 is 30.6 Å². The number of aliphatic hydroxyl groups excluding tert-OH is 2. The van der Waals surface area contributed by atoms with E-state index in [0.717, 1.165) is 37.7 Å². The summed E-state index contributed by atoms with van der Waals surface area (Å²) in [5.74, 6) is 3.06. The maximum atomic E-state index is 14.0. The Labute approximate surface area is 283 Å². The van der Waals surface area contributed by atoms with Crippen molar-refractivity contribution in [3.8, 4) is 24.7 Å². The molecule has 0 bridgehead atoms. The standard InChI is InChI=1S/C38H58N4O5/c1-7-10-13-22-33(43)36(45)32(26-29-20-16-12-17-21-29)39-38(47)35(30(8-2)9-3)40-37(46)31(25-28-18-14-11-15-19-28)27-34(44)42(6)24-23-41(4)5/h1-2,11,14-15,18-19,29-33,35-36,43,45H,9-10,12-13,16-17,20-27H2,3-6H3,(H,39,47)(H,40,46)/t30?,31-,32-,33-,35-,36+/m0/s1. The van der Waals surface area contributed by atoms with Crippen LogP contribution in [0.1, 0.15) is 83.1 Å². The fraction of sp³-hybridized carbons (Fsp3) is 0.658. The van der Waals surface area contributed by atoms with E-state index in [4.69, 9.17) is 12.8 Å². The zero-order valence-electron chi connectivity index (χ0n) is 29.0. The highest BCUT2D eigenvalue weighted by Crippen LogP contribution is 2.29.